The van der Waals surface area contributed by atoms with E-state index in [1.165, 1.54) is 13.2 Å². The fraction of sp³-hybridized carbons (Fsp3) is 0.364. The number of halogens is 1. The Hall–Kier alpha value is -3.33. The summed E-state index contributed by atoms with van der Waals surface area (Å²) in [5, 5.41) is 20.1. The van der Waals surface area contributed by atoms with Gasteiger partial charge in [-0.1, -0.05) is 0 Å². The van der Waals surface area contributed by atoms with Crippen LogP contribution in [0.25, 0.3) is 22.4 Å². The zero-order valence-corrected chi connectivity index (χ0v) is 17.2. The van der Waals surface area contributed by atoms with Crippen LogP contribution in [0.15, 0.2) is 24.3 Å². The second kappa shape index (κ2) is 6.84. The van der Waals surface area contributed by atoms with E-state index in [0.29, 0.717) is 31.7 Å². The molecule has 0 unspecified atom stereocenters. The zero-order chi connectivity index (χ0) is 21.9. The van der Waals surface area contributed by atoms with Crippen LogP contribution in [0.4, 0.5) is 10.1 Å². The van der Waals surface area contributed by atoms with Crippen molar-refractivity contribution in [2.24, 2.45) is 0 Å². The molecule has 8 nitrogen and oxygen atoms in total. The van der Waals surface area contributed by atoms with Crippen LogP contribution in [0, 0.1) is 5.82 Å². The lowest BCUT2D eigenvalue weighted by Crippen LogP contribution is -2.49. The van der Waals surface area contributed by atoms with Gasteiger partial charge in [0.05, 0.1) is 42.5 Å². The van der Waals surface area contributed by atoms with E-state index < -0.39 is 22.9 Å². The van der Waals surface area contributed by atoms with Gasteiger partial charge in [-0.3, -0.25) is 4.79 Å². The lowest BCUT2D eigenvalue weighted by atomic mass is 9.98. The Bertz CT molecular complexity index is 1220. The SMILES string of the molecule is COc1cc(-c2nc3cc(N4CCCC4=O)ccc3n2C2(C)COC2)c(F)c(O)c1O. The minimum atomic E-state index is -0.992. The zero-order valence-electron chi connectivity index (χ0n) is 17.2. The summed E-state index contributed by atoms with van der Waals surface area (Å²) >= 11 is 0. The highest BCUT2D eigenvalue weighted by molar-refractivity contribution is 5.97. The number of phenolic OH excluding ortho intramolecular Hbond substituents is 2. The Balaban J connectivity index is 1.75. The first-order chi connectivity index (χ1) is 14.8. The smallest absolute Gasteiger partial charge is 0.227 e. The third-order valence-corrected chi connectivity index (χ3v) is 6.03. The van der Waals surface area contributed by atoms with Gasteiger partial charge in [0, 0.05) is 18.7 Å². The third kappa shape index (κ3) is 2.83. The topological polar surface area (TPSA) is 97.1 Å². The molecule has 0 spiro atoms. The molecule has 2 N–H and O–H groups in total. The van der Waals surface area contributed by atoms with E-state index >= 15 is 4.39 Å². The van der Waals surface area contributed by atoms with Gasteiger partial charge in [-0.25, -0.2) is 9.37 Å². The number of imidazole rings is 1. The van der Waals surface area contributed by atoms with E-state index in [2.05, 4.69) is 4.98 Å². The summed E-state index contributed by atoms with van der Waals surface area (Å²) in [7, 11) is 1.32. The first-order valence-corrected chi connectivity index (χ1v) is 10.0. The second-order valence-corrected chi connectivity index (χ2v) is 8.22. The maximum absolute atomic E-state index is 15.1. The van der Waals surface area contributed by atoms with Crippen molar-refractivity contribution in [1.82, 2.24) is 9.55 Å². The van der Waals surface area contributed by atoms with Gasteiger partial charge in [-0.05, 0) is 37.6 Å². The molecule has 2 saturated heterocycles. The van der Waals surface area contributed by atoms with E-state index in [9.17, 15) is 15.0 Å². The Morgan fingerprint density at radius 2 is 2.00 bits per heavy atom. The predicted octanol–water partition coefficient (Wildman–Crippen LogP) is 3.13. The molecule has 3 heterocycles. The average molecular weight is 427 g/mol. The van der Waals surface area contributed by atoms with Crippen LogP contribution >= 0.6 is 0 Å². The molecule has 2 aliphatic heterocycles. The van der Waals surface area contributed by atoms with Crippen LogP contribution in [0.3, 0.4) is 0 Å². The van der Waals surface area contributed by atoms with Gasteiger partial charge < -0.3 is 29.2 Å². The minimum Gasteiger partial charge on any atom is -0.502 e. The molecule has 2 aromatic carbocycles. The highest BCUT2D eigenvalue weighted by Gasteiger charge is 2.39. The number of amides is 1. The van der Waals surface area contributed by atoms with E-state index in [1.54, 1.807) is 4.90 Å². The number of hydrogen-bond donors (Lipinski definition) is 2. The maximum Gasteiger partial charge on any atom is 0.227 e. The molecular weight excluding hydrogens is 405 g/mol. The highest BCUT2D eigenvalue weighted by Crippen LogP contribution is 2.45. The van der Waals surface area contributed by atoms with Gasteiger partial charge in [0.15, 0.2) is 17.3 Å². The van der Waals surface area contributed by atoms with Crippen LogP contribution in [-0.2, 0) is 15.1 Å². The first kappa shape index (κ1) is 19.6. The van der Waals surface area contributed by atoms with Gasteiger partial charge in [0.1, 0.15) is 5.82 Å². The number of hydrogen-bond acceptors (Lipinski definition) is 6. The van der Waals surface area contributed by atoms with Gasteiger partial charge in [-0.15, -0.1) is 0 Å². The summed E-state index contributed by atoms with van der Waals surface area (Å²) in [5.74, 6) is -2.28. The molecule has 5 rings (SSSR count). The van der Waals surface area contributed by atoms with Crippen molar-refractivity contribution in [2.45, 2.75) is 25.3 Å². The summed E-state index contributed by atoms with van der Waals surface area (Å²) in [6, 6.07) is 6.86. The van der Waals surface area contributed by atoms with E-state index in [1.807, 2.05) is 29.7 Å². The number of methoxy groups -OCH3 is 1. The molecule has 0 radical (unpaired) electrons. The Morgan fingerprint density at radius 1 is 1.23 bits per heavy atom. The lowest BCUT2D eigenvalue weighted by Gasteiger charge is -2.40. The van der Waals surface area contributed by atoms with E-state index in [0.717, 1.165) is 17.6 Å². The van der Waals surface area contributed by atoms with Crippen molar-refractivity contribution in [2.75, 3.05) is 31.8 Å². The van der Waals surface area contributed by atoms with Crippen LogP contribution in [-0.4, -0.2) is 52.5 Å². The van der Waals surface area contributed by atoms with Gasteiger partial charge >= 0.3 is 0 Å². The first-order valence-electron chi connectivity index (χ1n) is 10.0. The summed E-state index contributed by atoms with van der Waals surface area (Å²) in [4.78, 5) is 18.6. The summed E-state index contributed by atoms with van der Waals surface area (Å²) in [6.07, 6.45) is 1.33. The van der Waals surface area contributed by atoms with Gasteiger partial charge in [0.2, 0.25) is 11.7 Å². The van der Waals surface area contributed by atoms with Crippen molar-refractivity contribution in [3.63, 3.8) is 0 Å². The Labute approximate surface area is 177 Å². The van der Waals surface area contributed by atoms with Crippen molar-refractivity contribution >= 4 is 22.6 Å². The van der Waals surface area contributed by atoms with E-state index in [-0.39, 0.29) is 23.0 Å². The van der Waals surface area contributed by atoms with Crippen molar-refractivity contribution < 1.29 is 28.9 Å². The maximum atomic E-state index is 15.1. The van der Waals surface area contributed by atoms with E-state index in [4.69, 9.17) is 9.47 Å². The van der Waals surface area contributed by atoms with Crippen LogP contribution in [0.2, 0.25) is 0 Å². The molecule has 2 aliphatic rings. The number of phenols is 2. The number of benzene rings is 2. The molecule has 0 saturated carbocycles. The average Bonchev–Trinajstić information content (AvgIpc) is 3.33. The molecule has 0 aliphatic carbocycles. The predicted molar refractivity (Wildman–Crippen MR) is 111 cm³/mol. The number of aromatic hydroxyl groups is 2. The molecule has 2 fully saturated rings. The molecule has 0 bridgehead atoms. The fourth-order valence-corrected chi connectivity index (χ4v) is 4.34. The van der Waals surface area contributed by atoms with Crippen molar-refractivity contribution in [1.29, 1.82) is 0 Å². The number of ether oxygens (including phenoxy) is 2. The Morgan fingerprint density at radius 3 is 2.61 bits per heavy atom. The molecule has 9 heteroatoms. The molecule has 162 valence electrons. The van der Waals surface area contributed by atoms with Crippen LogP contribution in [0.1, 0.15) is 19.8 Å². The molecule has 0 atom stereocenters. The largest absolute Gasteiger partial charge is 0.502 e. The number of nitrogens with zero attached hydrogens (tertiary/aromatic N) is 3. The minimum absolute atomic E-state index is 0.00438. The van der Waals surface area contributed by atoms with Gasteiger partial charge in [0.25, 0.3) is 0 Å². The summed E-state index contributed by atoms with van der Waals surface area (Å²) in [6.45, 7) is 3.47. The summed E-state index contributed by atoms with van der Waals surface area (Å²) < 4.78 is 27.5. The fourth-order valence-electron chi connectivity index (χ4n) is 4.34. The summed E-state index contributed by atoms with van der Waals surface area (Å²) in [5.41, 5.74) is 1.61. The normalized spacial score (nSPS) is 17.9. The monoisotopic (exact) mass is 427 g/mol. The standard InChI is InChI=1S/C22H22FN3O5/c1-22(10-31-11-22)26-15-6-5-12(25-7-3-4-17(25)27)8-14(15)24-21(26)13-9-16(30-2)19(28)20(29)18(13)23/h5-6,8-9,28-29H,3-4,7,10-11H2,1-2H3. The molecule has 3 aromatic rings. The lowest BCUT2D eigenvalue weighted by molar-refractivity contribution is -0.117. The van der Waals surface area contributed by atoms with Crippen LogP contribution in [0.5, 0.6) is 17.2 Å². The number of carbonyl (C=O) groups excluding carboxylic acids is 1. The molecular formula is C22H22FN3O5. The van der Waals surface area contributed by atoms with Gasteiger partial charge in [-0.2, -0.15) is 0 Å². The highest BCUT2D eigenvalue weighted by atomic mass is 19.1. The van der Waals surface area contributed by atoms with Crippen LogP contribution < -0.4 is 9.64 Å². The Kier molecular flexibility index (Phi) is 4.33. The number of rotatable bonds is 4. The molecule has 1 aromatic heterocycles. The molecule has 31 heavy (non-hydrogen) atoms. The quantitative estimate of drug-likeness (QED) is 0.621. The number of fused-ring (bicyclic) bond motifs is 1. The van der Waals surface area contributed by atoms with Crippen molar-refractivity contribution in [3.8, 4) is 28.6 Å². The molecule has 1 amide bonds. The number of anilines is 1. The second-order valence-electron chi connectivity index (χ2n) is 8.22. The van der Waals surface area contributed by atoms with Crippen molar-refractivity contribution in [3.05, 3.63) is 30.1 Å². The third-order valence-electron chi connectivity index (χ3n) is 6.03. The number of aromatic nitrogens is 2. The number of carbonyl (C=O) groups is 1.